The third-order valence-corrected chi connectivity index (χ3v) is 3.75. The van der Waals surface area contributed by atoms with Crippen molar-refractivity contribution in [2.45, 2.75) is 63.9 Å². The first-order valence-electron chi connectivity index (χ1n) is 6.96. The SMILES string of the molecule is CC1(C)OCC(C[C@H]2CC[C@H](CCC=O)CO2)O1. The first-order valence-corrected chi connectivity index (χ1v) is 6.96. The van der Waals surface area contributed by atoms with E-state index in [2.05, 4.69) is 0 Å². The first-order chi connectivity index (χ1) is 8.59. The summed E-state index contributed by atoms with van der Waals surface area (Å²) in [5.74, 6) is 0.120. The van der Waals surface area contributed by atoms with Crippen LogP contribution in [0.25, 0.3) is 0 Å². The predicted octanol–water partition coefficient (Wildman–Crippen LogP) is 2.30. The van der Waals surface area contributed by atoms with Gasteiger partial charge in [0.1, 0.15) is 6.29 Å². The average molecular weight is 256 g/mol. The lowest BCUT2D eigenvalue weighted by Gasteiger charge is -2.30. The molecule has 2 rings (SSSR count). The largest absolute Gasteiger partial charge is 0.378 e. The molecule has 18 heavy (non-hydrogen) atoms. The van der Waals surface area contributed by atoms with Crippen molar-refractivity contribution in [2.75, 3.05) is 13.2 Å². The summed E-state index contributed by atoms with van der Waals surface area (Å²) in [6.07, 6.45) is 6.23. The van der Waals surface area contributed by atoms with Crippen LogP contribution in [-0.4, -0.2) is 37.5 Å². The van der Waals surface area contributed by atoms with E-state index in [0.29, 0.717) is 25.0 Å². The molecule has 2 heterocycles. The highest BCUT2D eigenvalue weighted by molar-refractivity contribution is 5.49. The highest BCUT2D eigenvalue weighted by atomic mass is 16.7. The van der Waals surface area contributed by atoms with Gasteiger partial charge in [-0.3, -0.25) is 0 Å². The Balaban J connectivity index is 1.66. The third-order valence-electron chi connectivity index (χ3n) is 3.75. The maximum Gasteiger partial charge on any atom is 0.163 e. The van der Waals surface area contributed by atoms with Crippen molar-refractivity contribution in [3.05, 3.63) is 0 Å². The van der Waals surface area contributed by atoms with E-state index < -0.39 is 5.79 Å². The Morgan fingerprint density at radius 1 is 1.22 bits per heavy atom. The standard InChI is InChI=1S/C14H24O4/c1-14(2)17-10-13(18-14)8-12-6-5-11(9-16-12)4-3-7-15/h7,11-13H,3-6,8-10H2,1-2H3/t11-,12+,13?/m0/s1. The number of carbonyl (C=O) groups excluding carboxylic acids is 1. The van der Waals surface area contributed by atoms with Crippen LogP contribution in [0, 0.1) is 5.92 Å². The number of carbonyl (C=O) groups is 1. The smallest absolute Gasteiger partial charge is 0.163 e. The molecule has 2 fully saturated rings. The van der Waals surface area contributed by atoms with Gasteiger partial charge in [-0.15, -0.1) is 0 Å². The van der Waals surface area contributed by atoms with Crippen molar-refractivity contribution in [2.24, 2.45) is 5.92 Å². The van der Waals surface area contributed by atoms with Crippen molar-refractivity contribution in [3.8, 4) is 0 Å². The maximum atomic E-state index is 10.3. The van der Waals surface area contributed by atoms with Crippen molar-refractivity contribution in [3.63, 3.8) is 0 Å². The van der Waals surface area contributed by atoms with Crippen LogP contribution in [0.1, 0.15) is 46.0 Å². The van der Waals surface area contributed by atoms with Gasteiger partial charge in [0.25, 0.3) is 0 Å². The summed E-state index contributed by atoms with van der Waals surface area (Å²) in [7, 11) is 0. The molecule has 2 saturated heterocycles. The van der Waals surface area contributed by atoms with E-state index in [1.807, 2.05) is 13.8 Å². The van der Waals surface area contributed by atoms with Gasteiger partial charge in [0.2, 0.25) is 0 Å². The lowest BCUT2D eigenvalue weighted by Crippen LogP contribution is -2.30. The Bertz CT molecular complexity index is 269. The summed E-state index contributed by atoms with van der Waals surface area (Å²) in [6, 6.07) is 0. The molecule has 0 aromatic heterocycles. The molecule has 0 bridgehead atoms. The van der Waals surface area contributed by atoms with E-state index >= 15 is 0 Å². The Morgan fingerprint density at radius 2 is 2.06 bits per heavy atom. The zero-order valence-corrected chi connectivity index (χ0v) is 11.4. The molecular formula is C14H24O4. The fraction of sp³-hybridized carbons (Fsp3) is 0.929. The van der Waals surface area contributed by atoms with E-state index in [9.17, 15) is 4.79 Å². The Labute approximate surface area is 109 Å². The van der Waals surface area contributed by atoms with Gasteiger partial charge in [-0.1, -0.05) is 0 Å². The Hall–Kier alpha value is -0.450. The summed E-state index contributed by atoms with van der Waals surface area (Å²) in [6.45, 7) is 5.35. The van der Waals surface area contributed by atoms with Gasteiger partial charge in [-0.2, -0.15) is 0 Å². The molecule has 104 valence electrons. The Kier molecular flexibility index (Phi) is 4.76. The van der Waals surface area contributed by atoms with Crippen LogP contribution in [0.3, 0.4) is 0 Å². The van der Waals surface area contributed by atoms with Crippen molar-refractivity contribution >= 4 is 6.29 Å². The number of ether oxygens (including phenoxy) is 3. The molecule has 0 spiro atoms. The molecule has 2 aliphatic heterocycles. The van der Waals surface area contributed by atoms with E-state index in [-0.39, 0.29) is 6.10 Å². The minimum atomic E-state index is -0.439. The number of hydrogen-bond donors (Lipinski definition) is 0. The van der Waals surface area contributed by atoms with Crippen LogP contribution in [0.4, 0.5) is 0 Å². The second-order valence-electron chi connectivity index (χ2n) is 5.83. The molecular weight excluding hydrogens is 232 g/mol. The fourth-order valence-electron chi connectivity index (χ4n) is 2.75. The van der Waals surface area contributed by atoms with Gasteiger partial charge in [-0.25, -0.2) is 0 Å². The molecule has 0 aromatic rings. The van der Waals surface area contributed by atoms with Crippen molar-refractivity contribution in [1.29, 1.82) is 0 Å². The monoisotopic (exact) mass is 256 g/mol. The van der Waals surface area contributed by atoms with E-state index in [1.165, 1.54) is 0 Å². The fourth-order valence-corrected chi connectivity index (χ4v) is 2.75. The molecule has 3 atom stereocenters. The van der Waals surface area contributed by atoms with Crippen LogP contribution < -0.4 is 0 Å². The lowest BCUT2D eigenvalue weighted by molar-refractivity contribution is -0.144. The van der Waals surface area contributed by atoms with Crippen LogP contribution in [0.5, 0.6) is 0 Å². The van der Waals surface area contributed by atoms with Crippen LogP contribution in [0.2, 0.25) is 0 Å². The van der Waals surface area contributed by atoms with Gasteiger partial charge in [-0.05, 0) is 39.0 Å². The molecule has 0 amide bonds. The average Bonchev–Trinajstić information content (AvgIpc) is 2.68. The van der Waals surface area contributed by atoms with Crippen LogP contribution in [0.15, 0.2) is 0 Å². The van der Waals surface area contributed by atoms with Gasteiger partial charge in [0, 0.05) is 19.4 Å². The van der Waals surface area contributed by atoms with E-state index in [1.54, 1.807) is 0 Å². The van der Waals surface area contributed by atoms with Gasteiger partial charge in [0.15, 0.2) is 5.79 Å². The van der Waals surface area contributed by atoms with E-state index in [0.717, 1.165) is 38.6 Å². The second-order valence-corrected chi connectivity index (χ2v) is 5.83. The highest BCUT2D eigenvalue weighted by Crippen LogP contribution is 2.29. The van der Waals surface area contributed by atoms with E-state index in [4.69, 9.17) is 14.2 Å². The zero-order valence-electron chi connectivity index (χ0n) is 11.4. The Morgan fingerprint density at radius 3 is 2.61 bits per heavy atom. The van der Waals surface area contributed by atoms with Crippen LogP contribution >= 0.6 is 0 Å². The zero-order chi connectivity index (χ0) is 13.0. The molecule has 2 aliphatic rings. The highest BCUT2D eigenvalue weighted by Gasteiger charge is 2.35. The van der Waals surface area contributed by atoms with Gasteiger partial charge in [0.05, 0.1) is 18.8 Å². The first kappa shape index (κ1) is 14.0. The molecule has 0 aromatic carbocycles. The molecule has 0 aliphatic carbocycles. The molecule has 0 saturated carbocycles. The molecule has 4 heteroatoms. The summed E-state index contributed by atoms with van der Waals surface area (Å²) in [5.41, 5.74) is 0. The lowest BCUT2D eigenvalue weighted by atomic mass is 9.92. The summed E-state index contributed by atoms with van der Waals surface area (Å²) >= 11 is 0. The summed E-state index contributed by atoms with van der Waals surface area (Å²) < 4.78 is 17.2. The minimum absolute atomic E-state index is 0.163. The second kappa shape index (κ2) is 6.13. The normalized spacial score (nSPS) is 35.6. The minimum Gasteiger partial charge on any atom is -0.378 e. The molecule has 1 unspecified atom stereocenters. The van der Waals surface area contributed by atoms with Gasteiger partial charge < -0.3 is 19.0 Å². The topological polar surface area (TPSA) is 44.8 Å². The van der Waals surface area contributed by atoms with Crippen molar-refractivity contribution in [1.82, 2.24) is 0 Å². The summed E-state index contributed by atoms with van der Waals surface area (Å²) in [4.78, 5) is 10.3. The molecule has 0 radical (unpaired) electrons. The molecule has 0 N–H and O–H groups in total. The quantitative estimate of drug-likeness (QED) is 0.708. The number of rotatable bonds is 5. The number of hydrogen-bond acceptors (Lipinski definition) is 4. The van der Waals surface area contributed by atoms with Crippen molar-refractivity contribution < 1.29 is 19.0 Å². The number of aldehydes is 1. The maximum absolute atomic E-state index is 10.3. The predicted molar refractivity (Wildman–Crippen MR) is 67.3 cm³/mol. The summed E-state index contributed by atoms with van der Waals surface area (Å²) in [5, 5.41) is 0. The van der Waals surface area contributed by atoms with Gasteiger partial charge >= 0.3 is 0 Å². The molecule has 4 nitrogen and oxygen atoms in total. The van der Waals surface area contributed by atoms with Crippen LogP contribution in [-0.2, 0) is 19.0 Å². The third kappa shape index (κ3) is 4.04.